The summed E-state index contributed by atoms with van der Waals surface area (Å²) in [5, 5.41) is 83.0. The first-order valence-corrected chi connectivity index (χ1v) is 55.9. The summed E-state index contributed by atoms with van der Waals surface area (Å²) in [7, 11) is -32.4. The second kappa shape index (κ2) is 57.6. The summed E-state index contributed by atoms with van der Waals surface area (Å²) in [6.45, 7) is 20.8. The molecular weight excluding hydrogens is 1800 g/mol. The summed E-state index contributed by atoms with van der Waals surface area (Å²) in [5.74, 6) is -0.926. The molecule has 4 heterocycles. The molecule has 2 aromatic carbocycles. The minimum absolute atomic E-state index is 0.120. The van der Waals surface area contributed by atoms with Crippen molar-refractivity contribution in [2.75, 3.05) is 138 Å². The molecule has 0 spiro atoms. The molecule has 4 saturated carbocycles. The number of aliphatic hydroxyl groups is 7. The molecule has 9 aliphatic rings. The predicted molar refractivity (Wildman–Crippen MR) is 480 cm³/mol. The molecule has 8 fully saturated rings. The molecule has 39 nitrogen and oxygen atoms in total. The van der Waals surface area contributed by atoms with Gasteiger partial charge in [0.25, 0.3) is 80.9 Å². The molecule has 5 aliphatic carbocycles. The van der Waals surface area contributed by atoms with Crippen LogP contribution in [-0.4, -0.2) is 346 Å². The van der Waals surface area contributed by atoms with Gasteiger partial charge < -0.3 is 77.0 Å². The summed E-state index contributed by atoms with van der Waals surface area (Å²) in [6.07, 6.45) is 18.3. The normalized spacial score (nSPS) is 23.3. The number of hydrogen-bond acceptors (Lipinski definition) is 30. The van der Waals surface area contributed by atoms with Gasteiger partial charge in [-0.2, -0.15) is 67.3 Å². The lowest BCUT2D eigenvalue weighted by Gasteiger charge is -2.57. The largest absolute Gasteiger partial charge is 0.391 e. The van der Waals surface area contributed by atoms with Crippen LogP contribution in [0.25, 0.3) is 0 Å². The van der Waals surface area contributed by atoms with Crippen molar-refractivity contribution < 1.29 is 144 Å². The number of piperidine rings is 4. The van der Waals surface area contributed by atoms with Crippen molar-refractivity contribution in [2.45, 2.75) is 254 Å². The minimum Gasteiger partial charge on any atom is -0.391 e. The number of rotatable bonds is 44. The van der Waals surface area contributed by atoms with E-state index in [1.165, 1.54) is 114 Å². The molecule has 2 aromatic rings. The summed E-state index contributed by atoms with van der Waals surface area (Å²) in [6, 6.07) is 17.8. The second-order valence-corrected chi connectivity index (χ2v) is 47.7. The summed E-state index contributed by atoms with van der Waals surface area (Å²) < 4.78 is 238. The Kier molecular flexibility index (Phi) is 54.5. The van der Waals surface area contributed by atoms with E-state index in [0.717, 1.165) is 112 Å². The van der Waals surface area contributed by atoms with Crippen molar-refractivity contribution in [3.63, 3.8) is 0 Å². The van der Waals surface area contributed by atoms with Crippen LogP contribution >= 0.6 is 0 Å². The molecule has 47 heteroatoms. The van der Waals surface area contributed by atoms with E-state index in [4.69, 9.17) is 46.6 Å². The van der Waals surface area contributed by atoms with Crippen molar-refractivity contribution in [1.29, 1.82) is 0 Å². The van der Waals surface area contributed by atoms with Crippen LogP contribution in [0.2, 0.25) is 0 Å². The Morgan fingerprint density at radius 1 is 0.456 bits per heavy atom. The van der Waals surface area contributed by atoms with Crippen LogP contribution in [-0.2, 0) is 93.9 Å². The van der Waals surface area contributed by atoms with Gasteiger partial charge >= 0.3 is 0 Å². The first-order chi connectivity index (χ1) is 57.7. The van der Waals surface area contributed by atoms with Gasteiger partial charge in [-0.25, -0.2) is 0 Å². The van der Waals surface area contributed by atoms with Crippen molar-refractivity contribution in [1.82, 2.24) is 36.8 Å². The van der Waals surface area contributed by atoms with E-state index in [2.05, 4.69) is 55.9 Å². The van der Waals surface area contributed by atoms with Crippen LogP contribution in [0.3, 0.4) is 0 Å². The van der Waals surface area contributed by atoms with Gasteiger partial charge in [-0.1, -0.05) is 107 Å². The van der Waals surface area contributed by atoms with E-state index >= 15 is 0 Å². The summed E-state index contributed by atoms with van der Waals surface area (Å²) >= 11 is 0. The molecule has 9 unspecified atom stereocenters. The van der Waals surface area contributed by atoms with E-state index in [0.29, 0.717) is 26.1 Å². The average Bonchev–Trinajstić information content (AvgIpc) is 0.751. The minimum atomic E-state index is -4.13. The van der Waals surface area contributed by atoms with Gasteiger partial charge in [-0.3, -0.25) is 36.4 Å². The monoisotopic (exact) mass is 1950 g/mol. The number of quaternary nitrogens is 1. The molecule has 0 radical (unpaired) electrons. The van der Waals surface area contributed by atoms with Gasteiger partial charge in [0, 0.05) is 62.9 Å². The molecule has 21 N–H and O–H groups in total. The van der Waals surface area contributed by atoms with E-state index in [-0.39, 0.29) is 56.4 Å². The predicted octanol–water partition coefficient (Wildman–Crippen LogP) is 2.38. The number of hydrogen-bond donors (Lipinski definition) is 21. The van der Waals surface area contributed by atoms with Crippen molar-refractivity contribution in [2.24, 2.45) is 23.7 Å². The second-order valence-electron chi connectivity index (χ2n) is 35.4. The van der Waals surface area contributed by atoms with Crippen molar-refractivity contribution in [3.05, 3.63) is 71.3 Å². The third kappa shape index (κ3) is 61.5. The topological polar surface area (TPSA) is 652 Å². The molecule has 11 rings (SSSR count). The maximum atomic E-state index is 10.7. The summed E-state index contributed by atoms with van der Waals surface area (Å²) in [4.78, 5) is 2.27. The number of β-amino-alcohol motifs (C(OH)–C–C–N with tert-alkyl or cyclic N) is 2. The van der Waals surface area contributed by atoms with Crippen LogP contribution in [0.1, 0.15) is 199 Å². The maximum Gasteiger partial charge on any atom is 0.267 e. The smallest absolute Gasteiger partial charge is 0.267 e. The van der Waals surface area contributed by atoms with Crippen molar-refractivity contribution >= 4 is 80.9 Å². The third-order valence-electron chi connectivity index (χ3n) is 22.1. The van der Waals surface area contributed by atoms with Gasteiger partial charge in [-0.15, -0.1) is 0 Å². The van der Waals surface area contributed by atoms with Gasteiger partial charge in [0.05, 0.1) is 61.5 Å². The average molecular weight is 1950 g/mol. The van der Waals surface area contributed by atoms with Crippen LogP contribution in [0.5, 0.6) is 0 Å². The Morgan fingerprint density at radius 2 is 0.864 bits per heavy atom. The fraction of sp³-hybridized carbons (Fsp3) is 0.846. The summed E-state index contributed by atoms with van der Waals surface area (Å²) in [5.41, 5.74) is 3.50. The first-order valence-electron chi connectivity index (χ1n) is 43.1. The Morgan fingerprint density at radius 3 is 1.31 bits per heavy atom. The van der Waals surface area contributed by atoms with E-state index in [9.17, 15) is 92.9 Å². The number of fused-ring (bicyclic) bond motifs is 4. The SMILES string of the molecule is CC(C)(C)NCC(O)CS(=O)(=O)O.CC(CCN1CCCCC1)S(=O)(=O)O.CCCCCCCCNCC(O)CS(=O)(=O)O.CCNCC(O)CS(=O)(=O)O.O=S(=O)(O)CC(O)CNC12CC3CC(CC(C3)C1)C2.O=S(=O)(O)CC(O)CNC1CCCc2ccccc21.O=S(=O)(O)CC(O)CNCc1ccccc1.O=S(=O)(O)CC(O)C[N+]12CCC(CC1)CC2. The van der Waals surface area contributed by atoms with E-state index in [1.54, 1.807) is 6.92 Å². The lowest BCUT2D eigenvalue weighted by atomic mass is 9.53. The van der Waals surface area contributed by atoms with Crippen LogP contribution in [0, 0.1) is 23.7 Å². The molecule has 736 valence electrons. The molecule has 0 aromatic heterocycles. The fourth-order valence-electron chi connectivity index (χ4n) is 16.6. The van der Waals surface area contributed by atoms with Gasteiger partial charge in [0.1, 0.15) is 52.9 Å². The quantitative estimate of drug-likeness (QED) is 0.0257. The Bertz CT molecular complexity index is 4240. The Hall–Kier alpha value is -2.88. The maximum absolute atomic E-state index is 10.7. The molecule has 125 heavy (non-hydrogen) atoms. The number of aliphatic hydroxyl groups excluding tert-OH is 7. The number of likely N-dealkylation sites (N-methyl/N-ethyl adjacent to an activating group) is 1. The van der Waals surface area contributed by atoms with E-state index in [1.807, 2.05) is 70.2 Å². The van der Waals surface area contributed by atoms with Crippen LogP contribution in [0.4, 0.5) is 0 Å². The highest BCUT2D eigenvalue weighted by molar-refractivity contribution is 7.87. The van der Waals surface area contributed by atoms with Gasteiger partial charge in [0.2, 0.25) is 0 Å². The zero-order chi connectivity index (χ0) is 94.7. The Labute approximate surface area is 744 Å². The van der Waals surface area contributed by atoms with E-state index < -0.39 is 169 Å². The zero-order valence-corrected chi connectivity index (χ0v) is 80.0. The number of nitrogens with one attached hydrogen (secondary N) is 6. The highest BCUT2D eigenvalue weighted by atomic mass is 32.2. The van der Waals surface area contributed by atoms with Crippen LogP contribution < -0.4 is 31.9 Å². The lowest BCUT2D eigenvalue weighted by molar-refractivity contribution is -0.945. The molecule has 4 saturated heterocycles. The number of aryl methyl sites for hydroxylation is 1. The number of nitrogens with zero attached hydrogens (tertiary/aromatic N) is 2. The van der Waals surface area contributed by atoms with Crippen molar-refractivity contribution in [3.8, 4) is 0 Å². The molecule has 6 bridgehead atoms. The highest BCUT2D eigenvalue weighted by Gasteiger charge is 2.51. The molecule has 0 amide bonds. The standard InChI is InChI=1S/C13H23NO4S.C13H19NO4S.C11H25NO4S.C10H19NO4S.C10H15NO4S.C9H19NO3S.C7H17NO4S.C5H13NO4S/c15-12(8-19(16,17)18)7-14-13-4-9-1-10(5-13)3-11(2-9)6-13;15-11(9-19(16,17)18)8-14-13-7-3-5-10-4-1-2-6-12(10)13;1-2-3-4-5-6-7-8-12-9-11(13)10-17(14,15)16;12-10(8-16(13,14)15)7-11-4-1-9(2-5-11)3-6-11;12-10(8-16(13,14)15)7-11-6-9-4-2-1-3-5-9;1-9(14(11,12)13)5-8-10-6-3-2-4-7-10;1-7(2,3)8-4-6(9)5-13(10,11)12;1-2-6-3-5(7)4-11(8,9)10/h9-12,14-15H,1-8H2,(H,16,17,18);1-2,4,6,11,13-15H,3,5,7-9H2,(H,16,17,18);11-13H,2-10H2,1H3,(H,14,15,16);9-10,12H,1-8H2;1-5,10-12H,6-8H2,(H,13,14,15);9H,2-8H2,1H3,(H,11,12,13);6,8-9H,4-5H2,1-3H3,(H,10,11,12);5-7H,2-4H2,1H3,(H,8,9,10)/p+1. The zero-order valence-electron chi connectivity index (χ0n) is 73.4. The highest BCUT2D eigenvalue weighted by Crippen LogP contribution is 2.55. The third-order valence-corrected chi connectivity index (χ3v) is 29.0. The fourth-order valence-corrected chi connectivity index (χ4v) is 21.2. The van der Waals surface area contributed by atoms with Crippen LogP contribution in [0.15, 0.2) is 54.6 Å². The number of likely N-dealkylation sites (tertiary alicyclic amines) is 1. The number of benzene rings is 2. The molecular formula is C78H151N8O31S8+. The molecule has 4 aliphatic heterocycles. The first kappa shape index (κ1) is 118. The lowest BCUT2D eigenvalue weighted by Crippen LogP contribution is -2.61. The molecule has 9 atom stereocenters. The number of unbranched alkanes of at least 4 members (excludes halogenated alkanes) is 5. The Balaban J connectivity index is 0.000000487. The van der Waals surface area contributed by atoms with Gasteiger partial charge in [0.15, 0.2) is 0 Å². The van der Waals surface area contributed by atoms with Gasteiger partial charge in [-0.05, 0) is 204 Å².